The molecule has 1 aliphatic heterocycles. The van der Waals surface area contributed by atoms with E-state index < -0.39 is 0 Å². The van der Waals surface area contributed by atoms with Crippen LogP contribution in [0.1, 0.15) is 6.42 Å². The van der Waals surface area contributed by atoms with Crippen LogP contribution in [0.4, 0.5) is 5.69 Å². The molecule has 190 valence electrons. The number of hydrogen-bond donors (Lipinski definition) is 2. The maximum Gasteiger partial charge on any atom is 0.225 e. The molecule has 8 nitrogen and oxygen atoms in total. The van der Waals surface area contributed by atoms with Gasteiger partial charge in [-0.05, 0) is 55.1 Å². The first-order valence-electron chi connectivity index (χ1n) is 12.3. The topological polar surface area (TPSA) is 86.5 Å². The summed E-state index contributed by atoms with van der Waals surface area (Å²) in [5.74, 6) is -0.0120. The van der Waals surface area contributed by atoms with Crippen LogP contribution in [0, 0.1) is 0 Å². The Bertz CT molecular complexity index is 1380. The molecule has 1 aliphatic rings. The summed E-state index contributed by atoms with van der Waals surface area (Å²) >= 11 is 6.03. The second-order valence-electron chi connectivity index (χ2n) is 9.23. The number of nitrogens with zero attached hydrogens (tertiary/aromatic N) is 5. The fraction of sp³-hybridized carbons (Fsp3) is 0.250. The summed E-state index contributed by atoms with van der Waals surface area (Å²) in [4.78, 5) is 21.4. The maximum absolute atomic E-state index is 12.6. The van der Waals surface area contributed by atoms with Crippen molar-refractivity contribution >= 4 is 23.2 Å². The first-order chi connectivity index (χ1) is 18.0. The predicted molar refractivity (Wildman–Crippen MR) is 146 cm³/mol. The van der Waals surface area contributed by atoms with E-state index in [0.29, 0.717) is 17.8 Å². The number of phenolic OH excluding ortho intramolecular Hbond substituents is 1. The molecule has 2 aromatic heterocycles. The molecule has 0 saturated carbocycles. The highest BCUT2D eigenvalue weighted by Gasteiger charge is 2.17. The van der Waals surface area contributed by atoms with E-state index in [4.69, 9.17) is 16.7 Å². The number of carbonyl (C=O) groups excluding carboxylic acids is 1. The van der Waals surface area contributed by atoms with Crippen molar-refractivity contribution in [2.24, 2.45) is 0 Å². The third kappa shape index (κ3) is 5.99. The van der Waals surface area contributed by atoms with Crippen LogP contribution < -0.4 is 5.32 Å². The van der Waals surface area contributed by atoms with E-state index in [0.717, 1.165) is 55.1 Å². The molecule has 0 atom stereocenters. The van der Waals surface area contributed by atoms with Crippen LogP contribution in [0.25, 0.3) is 28.1 Å². The van der Waals surface area contributed by atoms with Crippen molar-refractivity contribution in [3.8, 4) is 33.8 Å². The number of nitrogens with one attached hydrogen (secondary N) is 1. The van der Waals surface area contributed by atoms with Gasteiger partial charge in [-0.2, -0.15) is 5.10 Å². The van der Waals surface area contributed by atoms with E-state index in [1.54, 1.807) is 29.2 Å². The largest absolute Gasteiger partial charge is 0.506 e. The molecule has 0 unspecified atom stereocenters. The van der Waals surface area contributed by atoms with Gasteiger partial charge >= 0.3 is 0 Å². The molecule has 9 heteroatoms. The van der Waals surface area contributed by atoms with Gasteiger partial charge in [-0.25, -0.2) is 4.68 Å². The van der Waals surface area contributed by atoms with Gasteiger partial charge in [0.25, 0.3) is 0 Å². The van der Waals surface area contributed by atoms with Gasteiger partial charge in [-0.3, -0.25) is 9.78 Å². The Balaban J connectivity index is 1.37. The number of aromatic nitrogens is 3. The zero-order valence-electron chi connectivity index (χ0n) is 20.6. The average Bonchev–Trinajstić information content (AvgIpc) is 3.36. The zero-order chi connectivity index (χ0) is 25.8. The van der Waals surface area contributed by atoms with Gasteiger partial charge in [0, 0.05) is 74.5 Å². The second-order valence-corrected chi connectivity index (χ2v) is 9.64. The SMILES string of the molecule is CN1CCN(CCC(=O)Nc2cccc(-n3cc(-c4ccncc4)c(-c4ccc(Cl)c(O)c4)n3)c2)CC1. The van der Waals surface area contributed by atoms with Crippen molar-refractivity contribution in [2.75, 3.05) is 45.1 Å². The second kappa shape index (κ2) is 11.1. The molecular weight excluding hydrogens is 488 g/mol. The van der Waals surface area contributed by atoms with Gasteiger partial charge in [0.1, 0.15) is 11.4 Å². The van der Waals surface area contributed by atoms with Crippen molar-refractivity contribution < 1.29 is 9.90 Å². The molecule has 2 aromatic carbocycles. The highest BCUT2D eigenvalue weighted by Crippen LogP contribution is 2.35. The fourth-order valence-corrected chi connectivity index (χ4v) is 4.52. The summed E-state index contributed by atoms with van der Waals surface area (Å²) in [6, 6.07) is 16.5. The van der Waals surface area contributed by atoms with Crippen LogP contribution in [0.5, 0.6) is 5.75 Å². The molecule has 1 fully saturated rings. The number of piperazine rings is 1. The normalized spacial score (nSPS) is 14.5. The lowest BCUT2D eigenvalue weighted by Crippen LogP contribution is -2.45. The number of pyridine rings is 1. The van der Waals surface area contributed by atoms with E-state index in [-0.39, 0.29) is 16.7 Å². The number of hydrogen-bond acceptors (Lipinski definition) is 6. The number of benzene rings is 2. The summed E-state index contributed by atoms with van der Waals surface area (Å²) in [5.41, 5.74) is 4.77. The number of halogens is 1. The lowest BCUT2D eigenvalue weighted by atomic mass is 10.0. The molecule has 0 spiro atoms. The molecule has 5 rings (SSSR count). The van der Waals surface area contributed by atoms with Crippen LogP contribution in [-0.4, -0.2) is 75.3 Å². The molecule has 37 heavy (non-hydrogen) atoms. The summed E-state index contributed by atoms with van der Waals surface area (Å²) < 4.78 is 1.77. The average molecular weight is 517 g/mol. The van der Waals surface area contributed by atoms with Gasteiger partial charge in [0.2, 0.25) is 5.91 Å². The van der Waals surface area contributed by atoms with E-state index in [1.807, 2.05) is 48.7 Å². The molecule has 3 heterocycles. The number of likely N-dealkylation sites (N-methyl/N-ethyl adjacent to an activating group) is 1. The number of anilines is 1. The summed E-state index contributed by atoms with van der Waals surface area (Å²) in [5, 5.41) is 18.3. The quantitative estimate of drug-likeness (QED) is 0.375. The monoisotopic (exact) mass is 516 g/mol. The highest BCUT2D eigenvalue weighted by molar-refractivity contribution is 6.32. The van der Waals surface area contributed by atoms with Gasteiger partial charge in [0.15, 0.2) is 0 Å². The minimum Gasteiger partial charge on any atom is -0.506 e. The first-order valence-corrected chi connectivity index (χ1v) is 12.6. The number of amides is 1. The standard InChI is InChI=1S/C28H29ClN6O2/c1-33-13-15-34(16-14-33)12-9-27(37)31-22-3-2-4-23(18-22)35-19-24(20-7-10-30-11-8-20)28(32-35)21-5-6-25(29)26(36)17-21/h2-8,10-11,17-19,36H,9,12-16H2,1H3,(H,31,37). The van der Waals surface area contributed by atoms with E-state index in [2.05, 4.69) is 27.1 Å². The summed E-state index contributed by atoms with van der Waals surface area (Å²) in [7, 11) is 2.12. The predicted octanol–water partition coefficient (Wildman–Crippen LogP) is 4.54. The van der Waals surface area contributed by atoms with Gasteiger partial charge in [-0.15, -0.1) is 0 Å². The Labute approximate surface area is 221 Å². The smallest absolute Gasteiger partial charge is 0.225 e. The van der Waals surface area contributed by atoms with Crippen molar-refractivity contribution in [1.82, 2.24) is 24.6 Å². The van der Waals surface area contributed by atoms with Crippen molar-refractivity contribution in [1.29, 1.82) is 0 Å². The summed E-state index contributed by atoms with van der Waals surface area (Å²) in [6.45, 7) is 4.81. The molecular formula is C28H29ClN6O2. The zero-order valence-corrected chi connectivity index (χ0v) is 21.4. The lowest BCUT2D eigenvalue weighted by Gasteiger charge is -2.32. The Morgan fingerprint density at radius 1 is 1.03 bits per heavy atom. The minimum atomic E-state index is -0.00801. The number of aromatic hydroxyl groups is 1. The van der Waals surface area contributed by atoms with Gasteiger partial charge < -0.3 is 20.2 Å². The van der Waals surface area contributed by atoms with Crippen LogP contribution in [0.2, 0.25) is 5.02 Å². The lowest BCUT2D eigenvalue weighted by molar-refractivity contribution is -0.116. The first kappa shape index (κ1) is 25.0. The molecule has 0 bridgehead atoms. The van der Waals surface area contributed by atoms with E-state index >= 15 is 0 Å². The van der Waals surface area contributed by atoms with Gasteiger partial charge in [-0.1, -0.05) is 23.7 Å². The molecule has 4 aromatic rings. The fourth-order valence-electron chi connectivity index (χ4n) is 4.40. The molecule has 0 aliphatic carbocycles. The number of rotatable bonds is 7. The van der Waals surface area contributed by atoms with Gasteiger partial charge in [0.05, 0.1) is 10.7 Å². The van der Waals surface area contributed by atoms with E-state index in [9.17, 15) is 9.90 Å². The Hall–Kier alpha value is -3.72. The highest BCUT2D eigenvalue weighted by atomic mass is 35.5. The van der Waals surface area contributed by atoms with E-state index in [1.165, 1.54) is 0 Å². The Morgan fingerprint density at radius 3 is 2.57 bits per heavy atom. The molecule has 1 amide bonds. The van der Waals surface area contributed by atoms with Crippen LogP contribution in [0.15, 0.2) is 73.2 Å². The molecule has 2 N–H and O–H groups in total. The third-order valence-electron chi connectivity index (χ3n) is 6.57. The minimum absolute atomic E-state index is 0.00400. The Kier molecular flexibility index (Phi) is 7.50. The molecule has 0 radical (unpaired) electrons. The number of phenols is 1. The maximum atomic E-state index is 12.6. The van der Waals surface area contributed by atoms with Crippen LogP contribution in [-0.2, 0) is 4.79 Å². The third-order valence-corrected chi connectivity index (χ3v) is 6.89. The van der Waals surface area contributed by atoms with Crippen LogP contribution in [0.3, 0.4) is 0 Å². The molecule has 1 saturated heterocycles. The summed E-state index contributed by atoms with van der Waals surface area (Å²) in [6.07, 6.45) is 5.85. The number of carbonyl (C=O) groups is 1. The van der Waals surface area contributed by atoms with Crippen molar-refractivity contribution in [3.63, 3.8) is 0 Å². The van der Waals surface area contributed by atoms with Crippen LogP contribution >= 0.6 is 11.6 Å². The van der Waals surface area contributed by atoms with Crippen molar-refractivity contribution in [3.05, 3.63) is 78.2 Å². The Morgan fingerprint density at radius 2 is 1.81 bits per heavy atom. The van der Waals surface area contributed by atoms with Crippen molar-refractivity contribution in [2.45, 2.75) is 6.42 Å².